The smallest absolute Gasteiger partial charge is 0.147 e. The Morgan fingerprint density at radius 3 is 2.65 bits per heavy atom. The molecule has 4 heteroatoms. The lowest BCUT2D eigenvalue weighted by Gasteiger charge is -2.19. The van der Waals surface area contributed by atoms with Gasteiger partial charge in [-0.2, -0.15) is 0 Å². The van der Waals surface area contributed by atoms with E-state index in [1.165, 1.54) is 0 Å². The minimum atomic E-state index is -0.182. The van der Waals surface area contributed by atoms with E-state index in [1.54, 1.807) is 19.4 Å². The monoisotopic (exact) mass is 312 g/mol. The van der Waals surface area contributed by atoms with Gasteiger partial charge in [0, 0.05) is 19.3 Å². The normalized spacial score (nSPS) is 14.7. The van der Waals surface area contributed by atoms with Crippen molar-refractivity contribution in [2.45, 2.75) is 19.8 Å². The zero-order chi connectivity index (χ0) is 16.2. The molecule has 3 rings (SSSR count). The largest absolute Gasteiger partial charge is 0.494 e. The Kier molecular flexibility index (Phi) is 4.60. The summed E-state index contributed by atoms with van der Waals surface area (Å²) >= 11 is 0. The van der Waals surface area contributed by atoms with Gasteiger partial charge in [0.2, 0.25) is 0 Å². The van der Waals surface area contributed by atoms with E-state index in [9.17, 15) is 4.39 Å². The van der Waals surface area contributed by atoms with E-state index < -0.39 is 0 Å². The van der Waals surface area contributed by atoms with E-state index in [0.717, 1.165) is 42.7 Å². The summed E-state index contributed by atoms with van der Waals surface area (Å²) in [6, 6.07) is 11.0. The predicted molar refractivity (Wildman–Crippen MR) is 92.8 cm³/mol. The van der Waals surface area contributed by atoms with Crippen LogP contribution in [0.5, 0.6) is 5.75 Å². The first-order valence-corrected chi connectivity index (χ1v) is 7.91. The molecular formula is C19H21FN2O. The molecule has 0 N–H and O–H groups in total. The molecule has 0 radical (unpaired) electrons. The van der Waals surface area contributed by atoms with Gasteiger partial charge in [-0.1, -0.05) is 12.1 Å². The van der Waals surface area contributed by atoms with Gasteiger partial charge in [-0.3, -0.25) is 4.99 Å². The Morgan fingerprint density at radius 1 is 1.17 bits per heavy atom. The number of nitrogens with zero attached hydrogens (tertiary/aromatic N) is 2. The molecule has 2 aromatic carbocycles. The molecule has 120 valence electrons. The van der Waals surface area contributed by atoms with Crippen LogP contribution < -0.4 is 9.64 Å². The fourth-order valence-corrected chi connectivity index (χ4v) is 2.90. The van der Waals surface area contributed by atoms with Gasteiger partial charge >= 0.3 is 0 Å². The summed E-state index contributed by atoms with van der Waals surface area (Å²) in [7, 11) is 1.62. The first-order valence-electron chi connectivity index (χ1n) is 7.91. The highest BCUT2D eigenvalue weighted by atomic mass is 19.1. The number of ether oxygens (including phenoxy) is 1. The summed E-state index contributed by atoms with van der Waals surface area (Å²) in [6.07, 6.45) is 3.97. The molecule has 2 aromatic rings. The Balaban J connectivity index is 1.88. The third kappa shape index (κ3) is 3.36. The summed E-state index contributed by atoms with van der Waals surface area (Å²) in [6.45, 7) is 3.86. The SMILES string of the molecule is COc1ccccc1N=Cc1cc(F)c(N2CCCC2)cc1C. The Morgan fingerprint density at radius 2 is 1.91 bits per heavy atom. The average molecular weight is 312 g/mol. The summed E-state index contributed by atoms with van der Waals surface area (Å²) in [4.78, 5) is 6.56. The van der Waals surface area contributed by atoms with Crippen LogP contribution in [0.4, 0.5) is 15.8 Å². The molecular weight excluding hydrogens is 291 g/mol. The third-order valence-electron chi connectivity index (χ3n) is 4.21. The van der Waals surface area contributed by atoms with Crippen molar-refractivity contribution >= 4 is 17.6 Å². The van der Waals surface area contributed by atoms with Crippen LogP contribution in [0.1, 0.15) is 24.0 Å². The van der Waals surface area contributed by atoms with E-state index in [1.807, 2.05) is 37.3 Å². The number of hydrogen-bond acceptors (Lipinski definition) is 3. The van der Waals surface area contributed by atoms with Gasteiger partial charge in [0.1, 0.15) is 17.3 Å². The van der Waals surface area contributed by atoms with E-state index in [4.69, 9.17) is 4.74 Å². The molecule has 1 heterocycles. The van der Waals surface area contributed by atoms with E-state index in [2.05, 4.69) is 9.89 Å². The Bertz CT molecular complexity index is 721. The van der Waals surface area contributed by atoms with Crippen LogP contribution in [-0.2, 0) is 0 Å². The number of benzene rings is 2. The molecule has 0 aliphatic carbocycles. The number of para-hydroxylation sites is 2. The van der Waals surface area contributed by atoms with E-state index >= 15 is 0 Å². The molecule has 0 spiro atoms. The van der Waals surface area contributed by atoms with Gasteiger partial charge in [0.25, 0.3) is 0 Å². The van der Waals surface area contributed by atoms with Gasteiger partial charge in [0.15, 0.2) is 0 Å². The van der Waals surface area contributed by atoms with Crippen molar-refractivity contribution in [3.63, 3.8) is 0 Å². The maximum Gasteiger partial charge on any atom is 0.147 e. The molecule has 0 bridgehead atoms. The number of anilines is 1. The number of methoxy groups -OCH3 is 1. The van der Waals surface area contributed by atoms with Crippen molar-refractivity contribution in [2.24, 2.45) is 4.99 Å². The van der Waals surface area contributed by atoms with E-state index in [-0.39, 0.29) is 5.82 Å². The molecule has 1 aliphatic rings. The van der Waals surface area contributed by atoms with Gasteiger partial charge in [-0.15, -0.1) is 0 Å². The lowest BCUT2D eigenvalue weighted by Crippen LogP contribution is -2.19. The topological polar surface area (TPSA) is 24.8 Å². The predicted octanol–water partition coefficient (Wildman–Crippen LogP) is 4.49. The lowest BCUT2D eigenvalue weighted by molar-refractivity contribution is 0.416. The average Bonchev–Trinajstić information content (AvgIpc) is 3.09. The van der Waals surface area contributed by atoms with Crippen LogP contribution in [0.25, 0.3) is 0 Å². The fourth-order valence-electron chi connectivity index (χ4n) is 2.90. The van der Waals surface area contributed by atoms with Crippen LogP contribution in [-0.4, -0.2) is 26.4 Å². The Labute approximate surface area is 136 Å². The summed E-state index contributed by atoms with van der Waals surface area (Å²) < 4.78 is 19.7. The molecule has 0 amide bonds. The molecule has 0 aromatic heterocycles. The number of aryl methyl sites for hydroxylation is 1. The highest BCUT2D eigenvalue weighted by molar-refractivity contribution is 5.85. The van der Waals surface area contributed by atoms with Crippen LogP contribution in [0.3, 0.4) is 0 Å². The first-order chi connectivity index (χ1) is 11.2. The second-order valence-corrected chi connectivity index (χ2v) is 5.78. The Hall–Kier alpha value is -2.36. The highest BCUT2D eigenvalue weighted by Crippen LogP contribution is 2.28. The van der Waals surface area contributed by atoms with Crippen molar-refractivity contribution in [3.8, 4) is 5.75 Å². The molecule has 0 saturated carbocycles. The minimum Gasteiger partial charge on any atom is -0.494 e. The maximum absolute atomic E-state index is 14.4. The van der Waals surface area contributed by atoms with Gasteiger partial charge in [-0.05, 0) is 55.2 Å². The second kappa shape index (κ2) is 6.82. The van der Waals surface area contributed by atoms with Crippen molar-refractivity contribution < 1.29 is 9.13 Å². The summed E-state index contributed by atoms with van der Waals surface area (Å²) in [5, 5.41) is 0. The van der Waals surface area contributed by atoms with Crippen LogP contribution >= 0.6 is 0 Å². The third-order valence-corrected chi connectivity index (χ3v) is 4.21. The van der Waals surface area contributed by atoms with Crippen LogP contribution in [0, 0.1) is 12.7 Å². The van der Waals surface area contributed by atoms with Crippen molar-refractivity contribution in [2.75, 3.05) is 25.1 Å². The molecule has 1 aliphatic heterocycles. The lowest BCUT2D eigenvalue weighted by atomic mass is 10.1. The van der Waals surface area contributed by atoms with Crippen LogP contribution in [0.15, 0.2) is 41.4 Å². The zero-order valence-electron chi connectivity index (χ0n) is 13.6. The van der Waals surface area contributed by atoms with Crippen molar-refractivity contribution in [1.82, 2.24) is 0 Å². The second-order valence-electron chi connectivity index (χ2n) is 5.78. The zero-order valence-corrected chi connectivity index (χ0v) is 13.6. The maximum atomic E-state index is 14.4. The quantitative estimate of drug-likeness (QED) is 0.777. The minimum absolute atomic E-state index is 0.182. The molecule has 23 heavy (non-hydrogen) atoms. The molecule has 1 saturated heterocycles. The standard InChI is InChI=1S/C19H21FN2O/c1-14-11-18(22-9-5-6-10-22)16(20)12-15(14)13-21-17-7-3-4-8-19(17)23-2/h3-4,7-8,11-13H,5-6,9-10H2,1-2H3. The van der Waals surface area contributed by atoms with Gasteiger partial charge in [-0.25, -0.2) is 4.39 Å². The first kappa shape index (κ1) is 15.5. The molecule has 1 fully saturated rings. The van der Waals surface area contributed by atoms with Crippen LogP contribution in [0.2, 0.25) is 0 Å². The number of rotatable bonds is 4. The summed E-state index contributed by atoms with van der Waals surface area (Å²) in [5.74, 6) is 0.523. The molecule has 0 unspecified atom stereocenters. The van der Waals surface area contributed by atoms with E-state index in [0.29, 0.717) is 11.4 Å². The molecule has 0 atom stereocenters. The van der Waals surface area contributed by atoms with Gasteiger partial charge < -0.3 is 9.64 Å². The number of aliphatic imine (C=N–C) groups is 1. The highest BCUT2D eigenvalue weighted by Gasteiger charge is 2.17. The number of halogens is 1. The van der Waals surface area contributed by atoms with Crippen molar-refractivity contribution in [1.29, 1.82) is 0 Å². The summed E-state index contributed by atoms with van der Waals surface area (Å²) in [5.41, 5.74) is 3.25. The van der Waals surface area contributed by atoms with Gasteiger partial charge in [0.05, 0.1) is 12.8 Å². The molecule has 3 nitrogen and oxygen atoms in total. The fraction of sp³-hybridized carbons (Fsp3) is 0.316. The number of hydrogen-bond donors (Lipinski definition) is 0. The van der Waals surface area contributed by atoms with Crippen molar-refractivity contribution in [3.05, 3.63) is 53.3 Å².